The molecule has 1 fully saturated rings. The van der Waals surface area contributed by atoms with Crippen molar-refractivity contribution in [2.45, 2.75) is 36.6 Å². The fourth-order valence-corrected chi connectivity index (χ4v) is 2.85. The van der Waals surface area contributed by atoms with Crippen LogP contribution in [0.15, 0.2) is 17.3 Å². The zero-order valence-electron chi connectivity index (χ0n) is 9.06. The van der Waals surface area contributed by atoms with E-state index in [0.29, 0.717) is 11.4 Å². The van der Waals surface area contributed by atoms with Crippen LogP contribution in [-0.2, 0) is 4.74 Å². The molecule has 0 bridgehead atoms. The molecule has 2 N–H and O–H groups in total. The van der Waals surface area contributed by atoms with Crippen LogP contribution in [0, 0.1) is 6.92 Å². The molecule has 1 aliphatic heterocycles. The molecule has 1 saturated heterocycles. The number of aromatic nitrogens is 1. The molecule has 1 aromatic rings. The van der Waals surface area contributed by atoms with E-state index in [1.165, 1.54) is 0 Å². The molecule has 82 valence electrons. The largest absolute Gasteiger partial charge is 0.397 e. The van der Waals surface area contributed by atoms with Crippen LogP contribution < -0.4 is 5.73 Å². The third kappa shape index (κ3) is 2.44. The average molecular weight is 224 g/mol. The molecular weight excluding hydrogens is 208 g/mol. The number of anilines is 1. The minimum absolute atomic E-state index is 0.328. The van der Waals surface area contributed by atoms with Gasteiger partial charge in [0.05, 0.1) is 23.0 Å². The van der Waals surface area contributed by atoms with Crippen LogP contribution in [0.3, 0.4) is 0 Å². The molecule has 0 radical (unpaired) electrons. The van der Waals surface area contributed by atoms with Crippen molar-refractivity contribution in [2.75, 3.05) is 12.3 Å². The van der Waals surface area contributed by atoms with E-state index in [2.05, 4.69) is 11.9 Å². The molecule has 3 nitrogen and oxygen atoms in total. The molecule has 1 aromatic heterocycles. The van der Waals surface area contributed by atoms with Crippen LogP contribution in [0.5, 0.6) is 0 Å². The molecule has 0 aliphatic carbocycles. The van der Waals surface area contributed by atoms with Gasteiger partial charge < -0.3 is 10.5 Å². The Labute approximate surface area is 94.4 Å². The van der Waals surface area contributed by atoms with Gasteiger partial charge in [-0.3, -0.25) is 0 Å². The maximum absolute atomic E-state index is 5.67. The van der Waals surface area contributed by atoms with Gasteiger partial charge in [-0.2, -0.15) is 0 Å². The highest BCUT2D eigenvalue weighted by atomic mass is 32.2. The van der Waals surface area contributed by atoms with Crippen molar-refractivity contribution < 1.29 is 4.74 Å². The Kier molecular flexibility index (Phi) is 3.17. The summed E-state index contributed by atoms with van der Waals surface area (Å²) >= 11 is 1.80. The van der Waals surface area contributed by atoms with Crippen LogP contribution >= 0.6 is 11.8 Å². The van der Waals surface area contributed by atoms with Gasteiger partial charge in [-0.15, -0.1) is 0 Å². The number of pyridine rings is 1. The minimum atomic E-state index is 0.328. The van der Waals surface area contributed by atoms with E-state index in [4.69, 9.17) is 10.5 Å². The van der Waals surface area contributed by atoms with Crippen molar-refractivity contribution >= 4 is 17.4 Å². The third-order valence-electron chi connectivity index (χ3n) is 2.62. The quantitative estimate of drug-likeness (QED) is 0.837. The average Bonchev–Trinajstić information content (AvgIpc) is 2.57. The zero-order valence-corrected chi connectivity index (χ0v) is 9.88. The normalized spacial score (nSPS) is 25.7. The lowest BCUT2D eigenvalue weighted by molar-refractivity contribution is 0.127. The summed E-state index contributed by atoms with van der Waals surface area (Å²) < 4.78 is 5.53. The van der Waals surface area contributed by atoms with Gasteiger partial charge >= 0.3 is 0 Å². The van der Waals surface area contributed by atoms with Gasteiger partial charge in [-0.05, 0) is 31.9 Å². The van der Waals surface area contributed by atoms with E-state index in [-0.39, 0.29) is 0 Å². The maximum atomic E-state index is 5.67. The molecule has 4 heteroatoms. The standard InChI is InChI=1S/C11H16N2OS/c1-7-5-9(12)6-13-11(7)15-10-3-4-14-8(10)2/h5-6,8,10H,3-4,12H2,1-2H3. The lowest BCUT2D eigenvalue weighted by Crippen LogP contribution is -2.13. The Balaban J connectivity index is 2.10. The van der Waals surface area contributed by atoms with Crippen LogP contribution in [0.1, 0.15) is 18.9 Å². The number of rotatable bonds is 2. The molecule has 15 heavy (non-hydrogen) atoms. The van der Waals surface area contributed by atoms with Crippen LogP contribution in [0.2, 0.25) is 0 Å². The lowest BCUT2D eigenvalue weighted by atomic mass is 10.3. The summed E-state index contributed by atoms with van der Waals surface area (Å²) in [6.45, 7) is 5.04. The topological polar surface area (TPSA) is 48.1 Å². The first-order valence-corrected chi connectivity index (χ1v) is 6.05. The van der Waals surface area contributed by atoms with Crippen molar-refractivity contribution in [2.24, 2.45) is 0 Å². The number of aryl methyl sites for hydroxylation is 1. The van der Waals surface area contributed by atoms with Crippen LogP contribution in [-0.4, -0.2) is 22.9 Å². The summed E-state index contributed by atoms with van der Waals surface area (Å²) in [6.07, 6.45) is 3.15. The molecule has 2 unspecified atom stereocenters. The van der Waals surface area contributed by atoms with Gasteiger partial charge in [0.1, 0.15) is 0 Å². The molecule has 2 atom stereocenters. The monoisotopic (exact) mass is 224 g/mol. The Morgan fingerprint density at radius 3 is 3.00 bits per heavy atom. The van der Waals surface area contributed by atoms with Gasteiger partial charge in [0.15, 0.2) is 0 Å². The molecule has 2 heterocycles. The summed E-state index contributed by atoms with van der Waals surface area (Å²) in [5, 5.41) is 1.60. The lowest BCUT2D eigenvalue weighted by Gasteiger charge is -2.14. The first-order valence-electron chi connectivity index (χ1n) is 5.17. The summed E-state index contributed by atoms with van der Waals surface area (Å²) in [6, 6.07) is 1.97. The highest BCUT2D eigenvalue weighted by molar-refractivity contribution is 8.00. The molecular formula is C11H16N2OS. The fraction of sp³-hybridized carbons (Fsp3) is 0.545. The summed E-state index contributed by atoms with van der Waals surface area (Å²) in [5.41, 5.74) is 7.55. The Bertz CT molecular complexity index is 356. The second-order valence-corrected chi connectivity index (χ2v) is 5.14. The number of nitrogens with two attached hydrogens (primary N) is 1. The molecule has 0 amide bonds. The molecule has 0 aromatic carbocycles. The molecule has 0 spiro atoms. The molecule has 0 saturated carbocycles. The predicted octanol–water partition coefficient (Wildman–Crippen LogP) is 2.24. The summed E-state index contributed by atoms with van der Waals surface area (Å²) in [5.74, 6) is 0. The summed E-state index contributed by atoms with van der Waals surface area (Å²) in [7, 11) is 0. The van der Waals surface area contributed by atoms with E-state index in [1.54, 1.807) is 18.0 Å². The van der Waals surface area contributed by atoms with Gasteiger partial charge in [-0.1, -0.05) is 11.8 Å². The van der Waals surface area contributed by atoms with E-state index in [1.807, 2.05) is 13.0 Å². The second kappa shape index (κ2) is 4.41. The predicted molar refractivity (Wildman–Crippen MR) is 63.1 cm³/mol. The van der Waals surface area contributed by atoms with Crippen molar-refractivity contribution in [1.82, 2.24) is 4.98 Å². The van der Waals surface area contributed by atoms with Crippen molar-refractivity contribution in [3.63, 3.8) is 0 Å². The first kappa shape index (κ1) is 10.8. The SMILES string of the molecule is Cc1cc(N)cnc1SC1CCOC1C. The zero-order chi connectivity index (χ0) is 10.8. The number of ether oxygens (including phenoxy) is 1. The number of nitrogen functional groups attached to an aromatic ring is 1. The van der Waals surface area contributed by atoms with Crippen molar-refractivity contribution in [1.29, 1.82) is 0 Å². The summed E-state index contributed by atoms with van der Waals surface area (Å²) in [4.78, 5) is 4.36. The number of hydrogen-bond donors (Lipinski definition) is 1. The Morgan fingerprint density at radius 1 is 1.60 bits per heavy atom. The molecule has 1 aliphatic rings. The maximum Gasteiger partial charge on any atom is 0.0994 e. The van der Waals surface area contributed by atoms with Crippen LogP contribution in [0.4, 0.5) is 5.69 Å². The Hall–Kier alpha value is -0.740. The molecule has 2 rings (SSSR count). The highest BCUT2D eigenvalue weighted by Gasteiger charge is 2.25. The number of hydrogen-bond acceptors (Lipinski definition) is 4. The first-order chi connectivity index (χ1) is 7.16. The van der Waals surface area contributed by atoms with Gasteiger partial charge in [0.2, 0.25) is 0 Å². The van der Waals surface area contributed by atoms with Gasteiger partial charge in [0, 0.05) is 11.9 Å². The van der Waals surface area contributed by atoms with Gasteiger partial charge in [-0.25, -0.2) is 4.98 Å². The van der Waals surface area contributed by atoms with Crippen LogP contribution in [0.25, 0.3) is 0 Å². The van der Waals surface area contributed by atoms with Gasteiger partial charge in [0.25, 0.3) is 0 Å². The van der Waals surface area contributed by atoms with E-state index in [9.17, 15) is 0 Å². The van der Waals surface area contributed by atoms with E-state index < -0.39 is 0 Å². The number of nitrogens with zero attached hydrogens (tertiary/aromatic N) is 1. The fourth-order valence-electron chi connectivity index (χ4n) is 1.72. The minimum Gasteiger partial charge on any atom is -0.397 e. The third-order valence-corrected chi connectivity index (χ3v) is 4.19. The van der Waals surface area contributed by atoms with E-state index >= 15 is 0 Å². The number of thioether (sulfide) groups is 1. The van der Waals surface area contributed by atoms with Crippen molar-refractivity contribution in [3.05, 3.63) is 17.8 Å². The highest BCUT2D eigenvalue weighted by Crippen LogP contribution is 2.33. The second-order valence-electron chi connectivity index (χ2n) is 3.91. The van der Waals surface area contributed by atoms with Crippen molar-refractivity contribution in [3.8, 4) is 0 Å². The van der Waals surface area contributed by atoms with E-state index in [0.717, 1.165) is 29.3 Å². The Morgan fingerprint density at radius 2 is 2.40 bits per heavy atom. The smallest absolute Gasteiger partial charge is 0.0994 e.